The predicted octanol–water partition coefficient (Wildman–Crippen LogP) is 4.35. The molecule has 0 spiro atoms. The van der Waals surface area contributed by atoms with Crippen molar-refractivity contribution in [2.24, 2.45) is 0 Å². The lowest BCUT2D eigenvalue weighted by Gasteiger charge is -2.36. The van der Waals surface area contributed by atoms with E-state index in [4.69, 9.17) is 4.74 Å². The SMILES string of the molecule is Cc1ccccc1.O=C1OCCN1Cc1cccc(N2CCN(Cc3ccncc3)CC2)c1. The van der Waals surface area contributed by atoms with Crippen LogP contribution in [0.1, 0.15) is 16.7 Å². The lowest BCUT2D eigenvalue weighted by Crippen LogP contribution is -2.46. The van der Waals surface area contributed by atoms with Crippen molar-refractivity contribution < 1.29 is 9.53 Å². The standard InChI is InChI=1S/C20H24N4O2.C7H8/c25-20-24(12-13-26-20)16-18-2-1-3-19(14-18)23-10-8-22(9-11-23)15-17-4-6-21-7-5-17;1-7-5-3-2-4-6-7/h1-7,14H,8-13,15-16H2;2-6H,1H3. The molecule has 6 nitrogen and oxygen atoms in total. The molecule has 2 aliphatic heterocycles. The van der Waals surface area contributed by atoms with Crippen molar-refractivity contribution in [2.45, 2.75) is 20.0 Å². The molecule has 0 atom stereocenters. The van der Waals surface area contributed by atoms with Gasteiger partial charge in [0.05, 0.1) is 6.54 Å². The van der Waals surface area contributed by atoms with Crippen molar-refractivity contribution in [1.29, 1.82) is 0 Å². The van der Waals surface area contributed by atoms with Gasteiger partial charge in [-0.15, -0.1) is 0 Å². The first kappa shape index (κ1) is 22.8. The van der Waals surface area contributed by atoms with Gasteiger partial charge in [-0.3, -0.25) is 9.88 Å². The maximum Gasteiger partial charge on any atom is 0.410 e. The highest BCUT2D eigenvalue weighted by atomic mass is 16.6. The minimum Gasteiger partial charge on any atom is -0.448 e. The lowest BCUT2D eigenvalue weighted by molar-refractivity contribution is 0.157. The third-order valence-electron chi connectivity index (χ3n) is 5.96. The van der Waals surface area contributed by atoms with Crippen LogP contribution in [0.2, 0.25) is 0 Å². The number of nitrogens with zero attached hydrogens (tertiary/aromatic N) is 4. The molecule has 0 saturated carbocycles. The second-order valence-corrected chi connectivity index (χ2v) is 8.48. The fourth-order valence-corrected chi connectivity index (χ4v) is 4.09. The summed E-state index contributed by atoms with van der Waals surface area (Å²) in [6, 6.07) is 22.9. The molecule has 0 bridgehead atoms. The molecule has 1 aromatic heterocycles. The van der Waals surface area contributed by atoms with Gasteiger partial charge in [0.15, 0.2) is 0 Å². The second kappa shape index (κ2) is 11.5. The Morgan fingerprint density at radius 3 is 2.21 bits per heavy atom. The summed E-state index contributed by atoms with van der Waals surface area (Å²) in [5, 5.41) is 0. The molecule has 6 heteroatoms. The van der Waals surface area contributed by atoms with Crippen LogP contribution < -0.4 is 4.90 Å². The smallest absolute Gasteiger partial charge is 0.410 e. The van der Waals surface area contributed by atoms with Gasteiger partial charge in [-0.2, -0.15) is 0 Å². The van der Waals surface area contributed by atoms with Gasteiger partial charge in [0.25, 0.3) is 0 Å². The normalized spacial score (nSPS) is 16.2. The molecule has 0 radical (unpaired) electrons. The number of amides is 1. The van der Waals surface area contributed by atoms with E-state index in [1.807, 2.05) is 30.6 Å². The lowest BCUT2D eigenvalue weighted by atomic mass is 10.1. The van der Waals surface area contributed by atoms with Gasteiger partial charge in [0.1, 0.15) is 6.61 Å². The van der Waals surface area contributed by atoms with Crippen LogP contribution in [0.5, 0.6) is 0 Å². The third-order valence-corrected chi connectivity index (χ3v) is 5.96. The fraction of sp³-hybridized carbons (Fsp3) is 0.333. The van der Waals surface area contributed by atoms with Gasteiger partial charge in [0, 0.05) is 57.3 Å². The van der Waals surface area contributed by atoms with Crippen LogP contribution in [0.25, 0.3) is 0 Å². The van der Waals surface area contributed by atoms with E-state index < -0.39 is 0 Å². The van der Waals surface area contributed by atoms with Crippen molar-refractivity contribution in [2.75, 3.05) is 44.2 Å². The van der Waals surface area contributed by atoms with E-state index in [-0.39, 0.29) is 6.09 Å². The molecule has 5 rings (SSSR count). The van der Waals surface area contributed by atoms with Crippen molar-refractivity contribution in [1.82, 2.24) is 14.8 Å². The number of pyridine rings is 1. The molecule has 0 unspecified atom stereocenters. The maximum absolute atomic E-state index is 11.6. The van der Waals surface area contributed by atoms with Crippen molar-refractivity contribution >= 4 is 11.8 Å². The molecular weight excluding hydrogens is 412 g/mol. The first-order valence-electron chi connectivity index (χ1n) is 11.6. The highest BCUT2D eigenvalue weighted by molar-refractivity contribution is 5.69. The summed E-state index contributed by atoms with van der Waals surface area (Å²) in [5.74, 6) is 0. The topological polar surface area (TPSA) is 48.9 Å². The van der Waals surface area contributed by atoms with Crippen molar-refractivity contribution in [3.05, 3.63) is 95.8 Å². The molecule has 2 aromatic carbocycles. The van der Waals surface area contributed by atoms with E-state index in [9.17, 15) is 4.79 Å². The summed E-state index contributed by atoms with van der Waals surface area (Å²) in [4.78, 5) is 22.4. The minimum absolute atomic E-state index is 0.208. The van der Waals surface area contributed by atoms with Gasteiger partial charge in [-0.05, 0) is 42.3 Å². The van der Waals surface area contributed by atoms with Crippen molar-refractivity contribution in [3.63, 3.8) is 0 Å². The highest BCUT2D eigenvalue weighted by Crippen LogP contribution is 2.20. The molecule has 172 valence electrons. The Hall–Kier alpha value is -3.38. The molecule has 1 amide bonds. The van der Waals surface area contributed by atoms with Gasteiger partial charge in [-0.1, -0.05) is 48.0 Å². The molecular formula is C27H32N4O2. The van der Waals surface area contributed by atoms with E-state index in [0.717, 1.165) is 38.3 Å². The van der Waals surface area contributed by atoms with Crippen LogP contribution in [0.4, 0.5) is 10.5 Å². The average Bonchev–Trinajstić information content (AvgIpc) is 3.25. The third kappa shape index (κ3) is 6.80. The van der Waals surface area contributed by atoms with Crippen LogP contribution in [-0.2, 0) is 17.8 Å². The number of aromatic nitrogens is 1. The summed E-state index contributed by atoms with van der Waals surface area (Å²) in [6.45, 7) is 8.98. The Labute approximate surface area is 196 Å². The zero-order chi connectivity index (χ0) is 22.9. The molecule has 2 aliphatic rings. The molecule has 3 heterocycles. The van der Waals surface area contributed by atoms with Crippen LogP contribution in [0.3, 0.4) is 0 Å². The van der Waals surface area contributed by atoms with E-state index in [2.05, 4.69) is 70.2 Å². The van der Waals surface area contributed by atoms with Crippen LogP contribution in [-0.4, -0.2) is 60.2 Å². The summed E-state index contributed by atoms with van der Waals surface area (Å²) >= 11 is 0. The largest absolute Gasteiger partial charge is 0.448 e. The fourth-order valence-electron chi connectivity index (χ4n) is 4.09. The molecule has 0 N–H and O–H groups in total. The molecule has 3 aromatic rings. The number of rotatable bonds is 5. The van der Waals surface area contributed by atoms with Gasteiger partial charge < -0.3 is 14.5 Å². The number of anilines is 1. The number of ether oxygens (including phenoxy) is 1. The Morgan fingerprint density at radius 1 is 0.818 bits per heavy atom. The molecule has 0 aliphatic carbocycles. The Kier molecular flexibility index (Phi) is 7.93. The molecule has 33 heavy (non-hydrogen) atoms. The highest BCUT2D eigenvalue weighted by Gasteiger charge is 2.22. The number of hydrogen-bond donors (Lipinski definition) is 0. The Morgan fingerprint density at radius 2 is 1.58 bits per heavy atom. The predicted molar refractivity (Wildman–Crippen MR) is 131 cm³/mol. The Balaban J connectivity index is 0.000000318. The number of piperazine rings is 1. The van der Waals surface area contributed by atoms with Crippen molar-refractivity contribution in [3.8, 4) is 0 Å². The number of aryl methyl sites for hydroxylation is 1. The van der Waals surface area contributed by atoms with E-state index in [1.54, 1.807) is 4.90 Å². The quantitative estimate of drug-likeness (QED) is 0.586. The summed E-state index contributed by atoms with van der Waals surface area (Å²) < 4.78 is 5.01. The number of hydrogen-bond acceptors (Lipinski definition) is 5. The summed E-state index contributed by atoms with van der Waals surface area (Å²) in [5.41, 5.74) is 5.02. The number of carbonyl (C=O) groups excluding carboxylic acids is 1. The van der Waals surface area contributed by atoms with Crippen LogP contribution >= 0.6 is 0 Å². The zero-order valence-electron chi connectivity index (χ0n) is 19.3. The van der Waals surface area contributed by atoms with Crippen LogP contribution in [0.15, 0.2) is 79.1 Å². The molecule has 2 fully saturated rings. The number of carbonyl (C=O) groups is 1. The second-order valence-electron chi connectivity index (χ2n) is 8.48. The Bertz CT molecular complexity index is 1000. The first-order valence-corrected chi connectivity index (χ1v) is 11.6. The van der Waals surface area contributed by atoms with E-state index in [0.29, 0.717) is 19.7 Å². The monoisotopic (exact) mass is 444 g/mol. The van der Waals surface area contributed by atoms with E-state index in [1.165, 1.54) is 16.8 Å². The van der Waals surface area contributed by atoms with Gasteiger partial charge in [-0.25, -0.2) is 4.79 Å². The van der Waals surface area contributed by atoms with Gasteiger partial charge >= 0.3 is 6.09 Å². The average molecular weight is 445 g/mol. The minimum atomic E-state index is -0.208. The summed E-state index contributed by atoms with van der Waals surface area (Å²) in [6.07, 6.45) is 3.50. The maximum atomic E-state index is 11.6. The zero-order valence-corrected chi connectivity index (χ0v) is 19.3. The number of benzene rings is 2. The first-order chi connectivity index (χ1) is 16.2. The van der Waals surface area contributed by atoms with Crippen LogP contribution in [0, 0.1) is 6.92 Å². The van der Waals surface area contributed by atoms with Gasteiger partial charge in [0.2, 0.25) is 0 Å². The summed E-state index contributed by atoms with van der Waals surface area (Å²) in [7, 11) is 0. The molecule has 2 saturated heterocycles. The number of cyclic esters (lactones) is 1. The van der Waals surface area contributed by atoms with E-state index >= 15 is 0 Å².